The lowest BCUT2D eigenvalue weighted by molar-refractivity contribution is 1.54. The van der Waals surface area contributed by atoms with Crippen molar-refractivity contribution in [2.24, 2.45) is 0 Å². The summed E-state index contributed by atoms with van der Waals surface area (Å²) in [5, 5.41) is 2.02. The molecule has 1 aromatic rings. The van der Waals surface area contributed by atoms with E-state index in [-0.39, 0.29) is 0 Å². The topological polar surface area (TPSA) is 0 Å². The maximum absolute atomic E-state index is 3.05. The van der Waals surface area contributed by atoms with Crippen molar-refractivity contribution in [2.75, 3.05) is 5.75 Å². The molecular weight excluding hydrogens is 176 g/mol. The van der Waals surface area contributed by atoms with Crippen molar-refractivity contribution >= 4 is 11.8 Å². The molecule has 0 aromatic heterocycles. The van der Waals surface area contributed by atoms with Gasteiger partial charge in [0.1, 0.15) is 0 Å². The van der Waals surface area contributed by atoms with E-state index in [9.17, 15) is 0 Å². The van der Waals surface area contributed by atoms with E-state index in [1.54, 1.807) is 11.8 Å². The van der Waals surface area contributed by atoms with Crippen LogP contribution in [0, 0.1) is 11.8 Å². The minimum atomic E-state index is 1.06. The predicted octanol–water partition coefficient (Wildman–Crippen LogP) is 3.30. The summed E-state index contributed by atoms with van der Waals surface area (Å²) in [6, 6.07) is 10.00. The van der Waals surface area contributed by atoms with Gasteiger partial charge >= 0.3 is 0 Å². The molecule has 0 saturated heterocycles. The van der Waals surface area contributed by atoms with Crippen LogP contribution in [0.5, 0.6) is 0 Å². The quantitative estimate of drug-likeness (QED) is 0.642. The Labute approximate surface area is 84.1 Å². The van der Waals surface area contributed by atoms with Crippen molar-refractivity contribution < 1.29 is 0 Å². The Morgan fingerprint density at radius 1 is 1.31 bits per heavy atom. The van der Waals surface area contributed by atoms with Crippen molar-refractivity contribution in [3.05, 3.63) is 47.4 Å². The fourth-order valence-corrected chi connectivity index (χ4v) is 1.18. The highest BCUT2D eigenvalue weighted by atomic mass is 32.2. The van der Waals surface area contributed by atoms with E-state index in [0.29, 0.717) is 0 Å². The first-order chi connectivity index (χ1) is 6.43. The third kappa shape index (κ3) is 4.45. The fraction of sp³-hybridized carbons (Fsp3) is 0.167. The minimum Gasteiger partial charge on any atom is -0.134 e. The van der Waals surface area contributed by atoms with Crippen LogP contribution in [0.25, 0.3) is 0 Å². The number of benzene rings is 1. The van der Waals surface area contributed by atoms with Crippen LogP contribution >= 0.6 is 11.8 Å². The van der Waals surface area contributed by atoms with Gasteiger partial charge in [0.25, 0.3) is 0 Å². The molecule has 13 heavy (non-hydrogen) atoms. The van der Waals surface area contributed by atoms with Gasteiger partial charge in [-0.2, -0.15) is 0 Å². The molecule has 0 aliphatic carbocycles. The Hall–Kier alpha value is -1.13. The van der Waals surface area contributed by atoms with Crippen LogP contribution < -0.4 is 0 Å². The van der Waals surface area contributed by atoms with Gasteiger partial charge in [0.2, 0.25) is 0 Å². The Bertz CT molecular complexity index is 314. The van der Waals surface area contributed by atoms with Crippen molar-refractivity contribution in [1.29, 1.82) is 0 Å². The highest BCUT2D eigenvalue weighted by molar-refractivity contribution is 8.02. The van der Waals surface area contributed by atoms with E-state index < -0.39 is 0 Å². The van der Waals surface area contributed by atoms with Gasteiger partial charge in [0, 0.05) is 5.56 Å². The molecular formula is C12H12S. The van der Waals surface area contributed by atoms with Gasteiger partial charge in [-0.15, -0.1) is 11.8 Å². The summed E-state index contributed by atoms with van der Waals surface area (Å²) in [5.74, 6) is 7.14. The molecule has 66 valence electrons. The number of hydrogen-bond acceptors (Lipinski definition) is 1. The van der Waals surface area contributed by atoms with Crippen LogP contribution in [0.2, 0.25) is 0 Å². The molecule has 0 nitrogen and oxygen atoms in total. The average molecular weight is 188 g/mol. The molecule has 0 aliphatic rings. The van der Waals surface area contributed by atoms with Crippen LogP contribution in [-0.2, 0) is 0 Å². The van der Waals surface area contributed by atoms with E-state index in [1.807, 2.05) is 41.8 Å². The third-order valence-electron chi connectivity index (χ3n) is 1.40. The van der Waals surface area contributed by atoms with Crippen LogP contribution in [0.4, 0.5) is 0 Å². The average Bonchev–Trinajstić information content (AvgIpc) is 2.19. The molecule has 0 spiro atoms. The van der Waals surface area contributed by atoms with Gasteiger partial charge < -0.3 is 0 Å². The zero-order valence-electron chi connectivity index (χ0n) is 7.66. The Balaban J connectivity index is 2.49. The van der Waals surface area contributed by atoms with Gasteiger partial charge in [-0.25, -0.2) is 0 Å². The predicted molar refractivity (Wildman–Crippen MR) is 60.6 cm³/mol. The summed E-state index contributed by atoms with van der Waals surface area (Å²) in [5.41, 5.74) is 1.06. The molecule has 1 rings (SSSR count). The van der Waals surface area contributed by atoms with E-state index in [2.05, 4.69) is 18.8 Å². The second-order valence-electron chi connectivity index (χ2n) is 2.39. The first kappa shape index (κ1) is 9.95. The maximum Gasteiger partial charge on any atom is 0.0248 e. The smallest absolute Gasteiger partial charge is 0.0248 e. The number of hydrogen-bond donors (Lipinski definition) is 0. The molecule has 0 heterocycles. The fourth-order valence-electron chi connectivity index (χ4n) is 0.825. The molecule has 0 aliphatic heterocycles. The van der Waals surface area contributed by atoms with Crippen LogP contribution in [0.3, 0.4) is 0 Å². The second kappa shape index (κ2) is 6.39. The lowest BCUT2D eigenvalue weighted by Gasteiger charge is -1.84. The zero-order valence-corrected chi connectivity index (χ0v) is 8.47. The van der Waals surface area contributed by atoms with E-state index in [4.69, 9.17) is 0 Å². The molecule has 0 bridgehead atoms. The molecule has 0 atom stereocenters. The number of allylic oxidation sites excluding steroid dienone is 1. The first-order valence-electron chi connectivity index (χ1n) is 4.26. The molecule has 0 fully saturated rings. The zero-order chi connectivity index (χ0) is 9.36. The lowest BCUT2D eigenvalue weighted by atomic mass is 10.2. The third-order valence-corrected chi connectivity index (χ3v) is 2.07. The monoisotopic (exact) mass is 188 g/mol. The summed E-state index contributed by atoms with van der Waals surface area (Å²) in [6.45, 7) is 2.12. The summed E-state index contributed by atoms with van der Waals surface area (Å²) in [4.78, 5) is 0. The van der Waals surface area contributed by atoms with E-state index in [1.165, 1.54) is 0 Å². The Kier molecular flexibility index (Phi) is 4.90. The molecule has 0 unspecified atom stereocenters. The Morgan fingerprint density at radius 2 is 2.08 bits per heavy atom. The Morgan fingerprint density at radius 3 is 2.77 bits per heavy atom. The van der Waals surface area contributed by atoms with Gasteiger partial charge in [0.05, 0.1) is 0 Å². The van der Waals surface area contributed by atoms with Gasteiger partial charge in [-0.3, -0.25) is 0 Å². The minimum absolute atomic E-state index is 1.06. The molecule has 1 aromatic carbocycles. The van der Waals surface area contributed by atoms with Crippen molar-refractivity contribution in [1.82, 2.24) is 0 Å². The van der Waals surface area contributed by atoms with E-state index in [0.717, 1.165) is 11.3 Å². The van der Waals surface area contributed by atoms with Crippen LogP contribution in [-0.4, -0.2) is 5.75 Å². The summed E-state index contributed by atoms with van der Waals surface area (Å²) in [6.07, 6.45) is 1.89. The SMILES string of the molecule is CCS/C=C/C#Cc1ccccc1. The molecule has 0 saturated carbocycles. The van der Waals surface area contributed by atoms with Gasteiger partial charge in [0.15, 0.2) is 0 Å². The van der Waals surface area contributed by atoms with E-state index >= 15 is 0 Å². The van der Waals surface area contributed by atoms with Gasteiger partial charge in [-0.05, 0) is 29.4 Å². The highest BCUT2D eigenvalue weighted by Crippen LogP contribution is 1.99. The highest BCUT2D eigenvalue weighted by Gasteiger charge is 1.78. The summed E-state index contributed by atoms with van der Waals surface area (Å²) in [7, 11) is 0. The standard InChI is InChI=1S/C12H12S/c1-2-13-11-7-6-10-12-8-4-3-5-9-12/h3-5,7-9,11H,2H2,1H3/b11-7+. The second-order valence-corrected chi connectivity index (χ2v) is 3.58. The molecule has 1 heteroatoms. The van der Waals surface area contributed by atoms with Crippen molar-refractivity contribution in [3.63, 3.8) is 0 Å². The largest absolute Gasteiger partial charge is 0.134 e. The normalized spacial score (nSPS) is 9.62. The van der Waals surface area contributed by atoms with Crippen molar-refractivity contribution in [3.8, 4) is 11.8 Å². The first-order valence-corrected chi connectivity index (χ1v) is 5.31. The summed E-state index contributed by atoms with van der Waals surface area (Å²) >= 11 is 1.76. The lowest BCUT2D eigenvalue weighted by Crippen LogP contribution is -1.68. The van der Waals surface area contributed by atoms with Crippen LogP contribution in [0.15, 0.2) is 41.8 Å². The molecule has 0 radical (unpaired) electrons. The van der Waals surface area contributed by atoms with Crippen LogP contribution in [0.1, 0.15) is 12.5 Å². The van der Waals surface area contributed by atoms with Crippen molar-refractivity contribution in [2.45, 2.75) is 6.92 Å². The number of rotatable bonds is 2. The molecule has 0 amide bonds. The number of thioether (sulfide) groups is 1. The molecule has 0 N–H and O–H groups in total. The van der Waals surface area contributed by atoms with Gasteiger partial charge in [-0.1, -0.05) is 37.0 Å². The summed E-state index contributed by atoms with van der Waals surface area (Å²) < 4.78 is 0. The maximum atomic E-state index is 3.05.